The molecule has 0 atom stereocenters. The molecule has 0 amide bonds. The predicted molar refractivity (Wildman–Crippen MR) is 64.1 cm³/mol. The van der Waals surface area contributed by atoms with Crippen LogP contribution in [-0.4, -0.2) is 22.6 Å². The lowest BCUT2D eigenvalue weighted by molar-refractivity contribution is -0.138. The molecular weight excluding hydrogens is 273 g/mol. The molecule has 106 valence electrons. The minimum atomic E-state index is -4.48. The molecule has 0 aliphatic carbocycles. The number of carbonyl (C=O) groups is 1. The average Bonchev–Trinajstić information content (AvgIpc) is 2.85. The summed E-state index contributed by atoms with van der Waals surface area (Å²) >= 11 is 0. The largest absolute Gasteiger partial charge is 0.464 e. The van der Waals surface area contributed by atoms with Gasteiger partial charge in [-0.05, 0) is 23.8 Å². The molecule has 0 aromatic carbocycles. The molecule has 0 aliphatic rings. The van der Waals surface area contributed by atoms with Crippen LogP contribution in [0.1, 0.15) is 21.6 Å². The van der Waals surface area contributed by atoms with Gasteiger partial charge in [-0.1, -0.05) is 0 Å². The van der Waals surface area contributed by atoms with Crippen molar-refractivity contribution in [3.05, 3.63) is 53.6 Å². The van der Waals surface area contributed by atoms with Gasteiger partial charge in [0.15, 0.2) is 0 Å². The monoisotopic (exact) mass is 284 g/mol. The van der Waals surface area contributed by atoms with Crippen molar-refractivity contribution in [2.45, 2.75) is 12.7 Å². The molecule has 2 heterocycles. The van der Waals surface area contributed by atoms with Gasteiger partial charge in [0.1, 0.15) is 5.69 Å². The summed E-state index contributed by atoms with van der Waals surface area (Å²) in [5, 5.41) is 0. The number of hydrogen-bond acceptors (Lipinski definition) is 3. The second kappa shape index (κ2) is 5.36. The highest BCUT2D eigenvalue weighted by Gasteiger charge is 2.33. The molecule has 0 aliphatic heterocycles. The zero-order valence-electron chi connectivity index (χ0n) is 10.5. The number of alkyl halides is 3. The predicted octanol–water partition coefficient (Wildman–Crippen LogP) is 2.74. The van der Waals surface area contributed by atoms with Crippen LogP contribution >= 0.6 is 0 Å². The fraction of sp³-hybridized carbons (Fsp3) is 0.231. The Bertz CT molecular complexity index is 620. The Balaban J connectivity index is 2.37. The molecule has 0 saturated carbocycles. The van der Waals surface area contributed by atoms with Crippen molar-refractivity contribution in [1.82, 2.24) is 9.55 Å². The number of esters is 1. The summed E-state index contributed by atoms with van der Waals surface area (Å²) in [6.07, 6.45) is -0.905. The number of ether oxygens (including phenoxy) is 1. The van der Waals surface area contributed by atoms with E-state index in [-0.39, 0.29) is 17.8 Å². The van der Waals surface area contributed by atoms with Crippen LogP contribution in [0.15, 0.2) is 36.8 Å². The highest BCUT2D eigenvalue weighted by atomic mass is 19.4. The number of nitrogens with zero attached hydrogens (tertiary/aromatic N) is 2. The van der Waals surface area contributed by atoms with Crippen molar-refractivity contribution < 1.29 is 22.7 Å². The minimum Gasteiger partial charge on any atom is -0.464 e. The van der Waals surface area contributed by atoms with Crippen LogP contribution in [0, 0.1) is 0 Å². The van der Waals surface area contributed by atoms with Crippen LogP contribution in [0.5, 0.6) is 0 Å². The van der Waals surface area contributed by atoms with Crippen molar-refractivity contribution in [3.63, 3.8) is 0 Å². The molecule has 20 heavy (non-hydrogen) atoms. The first kappa shape index (κ1) is 14.1. The van der Waals surface area contributed by atoms with E-state index in [2.05, 4.69) is 9.72 Å². The smallest absolute Gasteiger partial charge is 0.418 e. The Hall–Kier alpha value is -2.31. The number of rotatable bonds is 3. The van der Waals surface area contributed by atoms with Gasteiger partial charge < -0.3 is 9.30 Å². The molecule has 2 aromatic rings. The van der Waals surface area contributed by atoms with Gasteiger partial charge >= 0.3 is 12.1 Å². The van der Waals surface area contributed by atoms with E-state index in [0.717, 1.165) is 6.20 Å². The highest BCUT2D eigenvalue weighted by Crippen LogP contribution is 2.31. The summed E-state index contributed by atoms with van der Waals surface area (Å²) in [4.78, 5) is 15.0. The molecule has 0 spiro atoms. The number of halogens is 3. The van der Waals surface area contributed by atoms with Gasteiger partial charge in [0.05, 0.1) is 12.7 Å². The normalized spacial score (nSPS) is 11.4. The topological polar surface area (TPSA) is 44.1 Å². The average molecular weight is 284 g/mol. The number of carbonyl (C=O) groups excluding carboxylic acids is 1. The third-order valence-electron chi connectivity index (χ3n) is 2.78. The van der Waals surface area contributed by atoms with Crippen molar-refractivity contribution in [3.8, 4) is 0 Å². The molecule has 2 rings (SSSR count). The number of pyridine rings is 1. The van der Waals surface area contributed by atoms with E-state index in [1.807, 2.05) is 0 Å². The third-order valence-corrected chi connectivity index (χ3v) is 2.78. The van der Waals surface area contributed by atoms with Gasteiger partial charge in [0, 0.05) is 25.1 Å². The van der Waals surface area contributed by atoms with Crippen molar-refractivity contribution >= 4 is 5.97 Å². The number of methoxy groups -OCH3 is 1. The maximum atomic E-state index is 12.9. The highest BCUT2D eigenvalue weighted by molar-refractivity contribution is 5.87. The van der Waals surface area contributed by atoms with Crippen LogP contribution in [0.4, 0.5) is 13.2 Å². The van der Waals surface area contributed by atoms with Gasteiger partial charge in [-0.15, -0.1) is 0 Å². The minimum absolute atomic E-state index is 0.0360. The summed E-state index contributed by atoms with van der Waals surface area (Å²) in [5.74, 6) is -0.599. The molecule has 2 aromatic heterocycles. The van der Waals surface area contributed by atoms with Gasteiger partial charge in [0.25, 0.3) is 0 Å². The Labute approximate surface area is 112 Å². The maximum absolute atomic E-state index is 12.9. The quantitative estimate of drug-likeness (QED) is 0.814. The molecule has 0 bridgehead atoms. The number of hydrogen-bond donors (Lipinski definition) is 0. The molecule has 7 heteroatoms. The fourth-order valence-corrected chi connectivity index (χ4v) is 1.84. The Morgan fingerprint density at radius 3 is 2.80 bits per heavy atom. The molecule has 0 saturated heterocycles. The summed E-state index contributed by atoms with van der Waals surface area (Å²) in [7, 11) is 1.22. The number of aromatic nitrogens is 2. The third kappa shape index (κ3) is 2.81. The Kier molecular flexibility index (Phi) is 3.78. The van der Waals surface area contributed by atoms with Crippen LogP contribution in [0.25, 0.3) is 0 Å². The molecule has 4 nitrogen and oxygen atoms in total. The second-order valence-corrected chi connectivity index (χ2v) is 4.04. The SMILES string of the molecule is COC(=O)c1cccn1Cc1ccncc1C(F)(F)F. The van der Waals surface area contributed by atoms with Gasteiger partial charge in [-0.2, -0.15) is 13.2 Å². The van der Waals surface area contributed by atoms with Crippen molar-refractivity contribution in [2.24, 2.45) is 0 Å². The van der Waals surface area contributed by atoms with E-state index >= 15 is 0 Å². The second-order valence-electron chi connectivity index (χ2n) is 4.04. The Morgan fingerprint density at radius 2 is 2.15 bits per heavy atom. The zero-order valence-corrected chi connectivity index (χ0v) is 10.5. The fourth-order valence-electron chi connectivity index (χ4n) is 1.84. The van der Waals surface area contributed by atoms with Gasteiger partial charge in [0.2, 0.25) is 0 Å². The van der Waals surface area contributed by atoms with Crippen molar-refractivity contribution in [1.29, 1.82) is 0 Å². The Morgan fingerprint density at radius 1 is 1.40 bits per heavy atom. The maximum Gasteiger partial charge on any atom is 0.418 e. The zero-order chi connectivity index (χ0) is 14.8. The van der Waals surface area contributed by atoms with E-state index in [1.165, 1.54) is 36.2 Å². The van der Waals surface area contributed by atoms with Crippen LogP contribution in [0.2, 0.25) is 0 Å². The van der Waals surface area contributed by atoms with E-state index in [9.17, 15) is 18.0 Å². The van der Waals surface area contributed by atoms with Crippen LogP contribution in [0.3, 0.4) is 0 Å². The molecular formula is C13H11F3N2O2. The molecule has 0 radical (unpaired) electrons. The lowest BCUT2D eigenvalue weighted by atomic mass is 10.1. The summed E-state index contributed by atoms with van der Waals surface area (Å²) in [6, 6.07) is 4.34. The standard InChI is InChI=1S/C13H11F3N2O2/c1-20-12(19)11-3-2-6-18(11)8-9-4-5-17-7-10(9)13(14,15)16/h2-7H,8H2,1H3. The summed E-state index contributed by atoms with van der Waals surface area (Å²) in [6.45, 7) is -0.0885. The van der Waals surface area contributed by atoms with Gasteiger partial charge in [-0.3, -0.25) is 4.98 Å². The summed E-state index contributed by atoms with van der Waals surface area (Å²) < 4.78 is 44.6. The van der Waals surface area contributed by atoms with E-state index in [0.29, 0.717) is 0 Å². The van der Waals surface area contributed by atoms with Crippen LogP contribution < -0.4 is 0 Å². The lowest BCUT2D eigenvalue weighted by Gasteiger charge is -2.13. The van der Waals surface area contributed by atoms with E-state index in [4.69, 9.17) is 0 Å². The first-order valence-corrected chi connectivity index (χ1v) is 5.67. The molecule has 0 fully saturated rings. The molecule has 0 N–H and O–H groups in total. The molecule has 0 unspecified atom stereocenters. The van der Waals surface area contributed by atoms with E-state index < -0.39 is 17.7 Å². The van der Waals surface area contributed by atoms with Crippen molar-refractivity contribution in [2.75, 3.05) is 7.11 Å². The van der Waals surface area contributed by atoms with Gasteiger partial charge in [-0.25, -0.2) is 4.79 Å². The summed E-state index contributed by atoms with van der Waals surface area (Å²) in [5.41, 5.74) is -0.587. The van der Waals surface area contributed by atoms with Crippen LogP contribution in [-0.2, 0) is 17.5 Å². The first-order chi connectivity index (χ1) is 9.43. The first-order valence-electron chi connectivity index (χ1n) is 5.67. The van der Waals surface area contributed by atoms with E-state index in [1.54, 1.807) is 6.07 Å². The lowest BCUT2D eigenvalue weighted by Crippen LogP contribution is -2.15.